The van der Waals surface area contributed by atoms with Gasteiger partial charge in [-0.05, 0) is 18.0 Å². The summed E-state index contributed by atoms with van der Waals surface area (Å²) in [6, 6.07) is 25.6. The third-order valence-electron chi connectivity index (χ3n) is 7.45. The lowest BCUT2D eigenvalue weighted by Crippen LogP contribution is -2.65. The minimum absolute atomic E-state index is 0.0531. The third-order valence-corrected chi connectivity index (χ3v) is 13.1. The Hall–Kier alpha value is -1.38. The number of hydrogen-bond acceptors (Lipinski definition) is 1. The van der Waals surface area contributed by atoms with E-state index in [1.807, 2.05) is 0 Å². The molecule has 3 rings (SSSR count). The SMILES string of the molecule is CC[Si](CC)(C[C@]1(C)[C@H](O)C[C@@]1(C)c1ccccc1)c1ccccc1. The summed E-state index contributed by atoms with van der Waals surface area (Å²) >= 11 is 0. The summed E-state index contributed by atoms with van der Waals surface area (Å²) in [5.41, 5.74) is 1.39. The third kappa shape index (κ3) is 2.80. The highest BCUT2D eigenvalue weighted by atomic mass is 28.3. The summed E-state index contributed by atoms with van der Waals surface area (Å²) in [7, 11) is -1.65. The molecule has 1 aliphatic carbocycles. The van der Waals surface area contributed by atoms with Crippen LogP contribution in [0, 0.1) is 5.41 Å². The van der Waals surface area contributed by atoms with E-state index in [-0.39, 0.29) is 16.9 Å². The van der Waals surface area contributed by atoms with Crippen molar-refractivity contribution in [1.29, 1.82) is 0 Å². The van der Waals surface area contributed by atoms with Gasteiger partial charge in [0.15, 0.2) is 0 Å². The van der Waals surface area contributed by atoms with Gasteiger partial charge >= 0.3 is 0 Å². The molecule has 3 atom stereocenters. The molecule has 2 aromatic carbocycles. The molecule has 1 saturated carbocycles. The van der Waals surface area contributed by atoms with Crippen LogP contribution in [0.25, 0.3) is 0 Å². The molecule has 25 heavy (non-hydrogen) atoms. The quantitative estimate of drug-likeness (QED) is 0.716. The Morgan fingerprint density at radius 3 is 1.92 bits per heavy atom. The van der Waals surface area contributed by atoms with Gasteiger partial charge in [-0.25, -0.2) is 0 Å². The van der Waals surface area contributed by atoms with Crippen LogP contribution in [0.3, 0.4) is 0 Å². The van der Waals surface area contributed by atoms with Crippen LogP contribution in [-0.4, -0.2) is 19.3 Å². The van der Waals surface area contributed by atoms with Crippen LogP contribution in [0.2, 0.25) is 18.1 Å². The maximum atomic E-state index is 10.9. The fourth-order valence-corrected chi connectivity index (χ4v) is 10.1. The van der Waals surface area contributed by atoms with Gasteiger partial charge in [0.05, 0.1) is 14.2 Å². The summed E-state index contributed by atoms with van der Waals surface area (Å²) in [5, 5.41) is 12.4. The van der Waals surface area contributed by atoms with Crippen molar-refractivity contribution in [2.45, 2.75) is 63.8 Å². The topological polar surface area (TPSA) is 20.2 Å². The first-order valence-corrected chi connectivity index (χ1v) is 12.3. The molecule has 1 nitrogen and oxygen atoms in total. The molecule has 134 valence electrons. The van der Waals surface area contributed by atoms with Crippen molar-refractivity contribution < 1.29 is 5.11 Å². The van der Waals surface area contributed by atoms with Gasteiger partial charge in [0.1, 0.15) is 0 Å². The van der Waals surface area contributed by atoms with E-state index < -0.39 is 8.07 Å². The van der Waals surface area contributed by atoms with Crippen molar-refractivity contribution in [3.8, 4) is 0 Å². The fourth-order valence-electron chi connectivity index (χ4n) is 5.15. The zero-order valence-corrected chi connectivity index (χ0v) is 17.1. The number of aliphatic hydroxyl groups is 1. The molecule has 0 saturated heterocycles. The number of rotatable bonds is 6. The van der Waals surface area contributed by atoms with Gasteiger partial charge in [-0.3, -0.25) is 0 Å². The maximum Gasteiger partial charge on any atom is 0.0868 e. The van der Waals surface area contributed by atoms with Crippen molar-refractivity contribution in [3.05, 3.63) is 66.2 Å². The van der Waals surface area contributed by atoms with Crippen LogP contribution in [-0.2, 0) is 5.41 Å². The highest BCUT2D eigenvalue weighted by molar-refractivity contribution is 6.91. The minimum Gasteiger partial charge on any atom is -0.393 e. The van der Waals surface area contributed by atoms with Crippen LogP contribution in [0.4, 0.5) is 0 Å². The molecular formula is C23H32OSi. The Bertz CT molecular complexity index is 695. The molecule has 1 fully saturated rings. The predicted octanol–water partition coefficient (Wildman–Crippen LogP) is 5.11. The van der Waals surface area contributed by atoms with E-state index in [1.165, 1.54) is 17.7 Å². The largest absolute Gasteiger partial charge is 0.393 e. The van der Waals surface area contributed by atoms with E-state index in [0.717, 1.165) is 12.5 Å². The first-order valence-electron chi connectivity index (χ1n) is 9.71. The summed E-state index contributed by atoms with van der Waals surface area (Å²) in [6.45, 7) is 9.42. The predicted molar refractivity (Wildman–Crippen MR) is 110 cm³/mol. The Balaban J connectivity index is 2.01. The molecule has 0 radical (unpaired) electrons. The van der Waals surface area contributed by atoms with Crippen LogP contribution in [0.15, 0.2) is 60.7 Å². The molecule has 1 aliphatic rings. The number of hydrogen-bond donors (Lipinski definition) is 1. The fraction of sp³-hybridized carbons (Fsp3) is 0.478. The number of benzene rings is 2. The second-order valence-electron chi connectivity index (χ2n) is 8.37. The van der Waals surface area contributed by atoms with E-state index in [2.05, 4.69) is 88.4 Å². The van der Waals surface area contributed by atoms with Gasteiger partial charge in [-0.2, -0.15) is 0 Å². The van der Waals surface area contributed by atoms with E-state index in [4.69, 9.17) is 0 Å². The van der Waals surface area contributed by atoms with Gasteiger partial charge in [0, 0.05) is 10.8 Å². The molecule has 1 N–H and O–H groups in total. The van der Waals surface area contributed by atoms with Gasteiger partial charge < -0.3 is 5.11 Å². The lowest BCUT2D eigenvalue weighted by Gasteiger charge is -2.62. The van der Waals surface area contributed by atoms with Crippen molar-refractivity contribution >= 4 is 13.3 Å². The highest BCUT2D eigenvalue weighted by Crippen LogP contribution is 2.61. The van der Waals surface area contributed by atoms with Crippen molar-refractivity contribution in [1.82, 2.24) is 0 Å². The van der Waals surface area contributed by atoms with Gasteiger partial charge in [-0.1, -0.05) is 106 Å². The Morgan fingerprint density at radius 2 is 1.44 bits per heavy atom. The van der Waals surface area contributed by atoms with E-state index in [1.54, 1.807) is 5.19 Å². The Labute approximate surface area is 154 Å². The highest BCUT2D eigenvalue weighted by Gasteiger charge is 2.62. The van der Waals surface area contributed by atoms with Crippen LogP contribution >= 0.6 is 0 Å². The van der Waals surface area contributed by atoms with Crippen LogP contribution < -0.4 is 5.19 Å². The van der Waals surface area contributed by atoms with E-state index >= 15 is 0 Å². The first kappa shape index (κ1) is 18.4. The molecule has 0 spiro atoms. The normalized spacial score (nSPS) is 29.2. The van der Waals surface area contributed by atoms with Crippen LogP contribution in [0.5, 0.6) is 0 Å². The van der Waals surface area contributed by atoms with Crippen LogP contribution in [0.1, 0.15) is 39.7 Å². The molecule has 0 unspecified atom stereocenters. The molecule has 0 bridgehead atoms. The molecule has 2 heteroatoms. The van der Waals surface area contributed by atoms with Crippen molar-refractivity contribution in [2.24, 2.45) is 5.41 Å². The maximum absolute atomic E-state index is 10.9. The minimum atomic E-state index is -1.65. The molecule has 0 aromatic heterocycles. The standard InChI is InChI=1S/C23H32OSi/c1-5-25(6-2,20-15-11-8-12-16-20)18-23(4)21(24)17-22(23,3)19-13-9-7-10-14-19/h7-16,21,24H,5-6,17-18H2,1-4H3/t21-,22+,23-/m1/s1. The zero-order valence-electron chi connectivity index (χ0n) is 16.1. The van der Waals surface area contributed by atoms with Crippen molar-refractivity contribution in [2.75, 3.05) is 0 Å². The Morgan fingerprint density at radius 1 is 0.920 bits per heavy atom. The van der Waals surface area contributed by atoms with Crippen molar-refractivity contribution in [3.63, 3.8) is 0 Å². The second kappa shape index (κ2) is 6.73. The molecular weight excluding hydrogens is 320 g/mol. The van der Waals surface area contributed by atoms with Gasteiger partial charge in [-0.15, -0.1) is 0 Å². The van der Waals surface area contributed by atoms with Gasteiger partial charge in [0.25, 0.3) is 0 Å². The molecule has 0 heterocycles. The monoisotopic (exact) mass is 352 g/mol. The summed E-state index contributed by atoms with van der Waals surface area (Å²) < 4.78 is 0. The lowest BCUT2D eigenvalue weighted by atomic mass is 9.47. The summed E-state index contributed by atoms with van der Waals surface area (Å²) in [5.74, 6) is 0. The number of aliphatic hydroxyl groups excluding tert-OH is 1. The molecule has 0 amide bonds. The van der Waals surface area contributed by atoms with E-state index in [9.17, 15) is 5.11 Å². The summed E-state index contributed by atoms with van der Waals surface area (Å²) in [6.07, 6.45) is 0.673. The lowest BCUT2D eigenvalue weighted by molar-refractivity contribution is -0.115. The molecule has 0 aliphatic heterocycles. The van der Waals surface area contributed by atoms with Gasteiger partial charge in [0.2, 0.25) is 0 Å². The van der Waals surface area contributed by atoms with E-state index in [0.29, 0.717) is 0 Å². The smallest absolute Gasteiger partial charge is 0.0868 e. The summed E-state index contributed by atoms with van der Waals surface area (Å²) in [4.78, 5) is 0. The molecule has 2 aromatic rings. The Kier molecular flexibility index (Phi) is 4.96. The first-order chi connectivity index (χ1) is 11.9. The average Bonchev–Trinajstić information content (AvgIpc) is 2.67. The average molecular weight is 353 g/mol. The second-order valence-corrected chi connectivity index (χ2v) is 13.3. The zero-order chi connectivity index (χ0) is 18.1.